The van der Waals surface area contributed by atoms with Gasteiger partial charge in [0.2, 0.25) is 5.91 Å². The van der Waals surface area contributed by atoms with E-state index >= 15 is 0 Å². The van der Waals surface area contributed by atoms with E-state index in [0.717, 1.165) is 24.9 Å². The Morgan fingerprint density at radius 3 is 2.76 bits per heavy atom. The van der Waals surface area contributed by atoms with Crippen LogP contribution in [0.5, 0.6) is 0 Å². The van der Waals surface area contributed by atoms with E-state index in [0.29, 0.717) is 24.0 Å². The Morgan fingerprint density at radius 1 is 1.28 bits per heavy atom. The van der Waals surface area contributed by atoms with Crippen LogP contribution in [-0.4, -0.2) is 49.0 Å². The van der Waals surface area contributed by atoms with Crippen molar-refractivity contribution in [1.82, 2.24) is 30.0 Å². The van der Waals surface area contributed by atoms with Crippen molar-refractivity contribution >= 4 is 5.91 Å². The van der Waals surface area contributed by atoms with Crippen molar-refractivity contribution in [3.05, 3.63) is 47.9 Å². The van der Waals surface area contributed by atoms with Crippen LogP contribution >= 0.6 is 0 Å². The molecule has 0 radical (unpaired) electrons. The molecule has 8 heteroatoms. The largest absolute Gasteiger partial charge is 0.340 e. The topological polar surface area (TPSA) is 89.9 Å². The van der Waals surface area contributed by atoms with Gasteiger partial charge in [-0.05, 0) is 18.4 Å². The van der Waals surface area contributed by atoms with E-state index in [1.165, 1.54) is 0 Å². The summed E-state index contributed by atoms with van der Waals surface area (Å²) in [5.41, 5.74) is 1.63. The molecule has 1 fully saturated rings. The third-order valence-corrected chi connectivity index (χ3v) is 5.44. The van der Waals surface area contributed by atoms with Crippen molar-refractivity contribution in [3.63, 3.8) is 0 Å². The lowest BCUT2D eigenvalue weighted by atomic mass is 9.95. The highest BCUT2D eigenvalue weighted by molar-refractivity contribution is 5.84. The summed E-state index contributed by atoms with van der Waals surface area (Å²) in [6.07, 6.45) is 3.46. The molecule has 2 atom stereocenters. The van der Waals surface area contributed by atoms with Crippen molar-refractivity contribution in [2.24, 2.45) is 0 Å². The van der Waals surface area contributed by atoms with Crippen LogP contribution < -0.4 is 0 Å². The maximum Gasteiger partial charge on any atom is 0.280 e. The molecule has 152 valence electrons. The zero-order valence-electron chi connectivity index (χ0n) is 17.0. The van der Waals surface area contributed by atoms with Crippen molar-refractivity contribution in [2.45, 2.75) is 51.5 Å². The number of benzene rings is 1. The lowest BCUT2D eigenvalue weighted by Crippen LogP contribution is -2.33. The normalized spacial score (nSPS) is 17.8. The second kappa shape index (κ2) is 8.14. The molecule has 29 heavy (non-hydrogen) atoms. The lowest BCUT2D eigenvalue weighted by molar-refractivity contribution is -0.132. The number of hydrogen-bond acceptors (Lipinski definition) is 6. The van der Waals surface area contributed by atoms with E-state index < -0.39 is 0 Å². The Labute approximate surface area is 169 Å². The first-order valence-corrected chi connectivity index (χ1v) is 10.2. The van der Waals surface area contributed by atoms with Gasteiger partial charge in [0.15, 0.2) is 11.5 Å². The van der Waals surface area contributed by atoms with Crippen LogP contribution in [0.2, 0.25) is 0 Å². The number of amides is 1. The van der Waals surface area contributed by atoms with Gasteiger partial charge in [0.05, 0.1) is 18.2 Å². The van der Waals surface area contributed by atoms with E-state index in [1.807, 2.05) is 60.0 Å². The number of hydrogen-bond donors (Lipinski definition) is 0. The summed E-state index contributed by atoms with van der Waals surface area (Å²) in [5.74, 6) is 1.29. The van der Waals surface area contributed by atoms with Gasteiger partial charge in [0.25, 0.3) is 5.89 Å². The Balaban J connectivity index is 1.44. The van der Waals surface area contributed by atoms with Crippen LogP contribution in [0.3, 0.4) is 0 Å². The van der Waals surface area contributed by atoms with Gasteiger partial charge in [-0.1, -0.05) is 61.5 Å². The molecule has 0 unspecified atom stereocenters. The van der Waals surface area contributed by atoms with Gasteiger partial charge in [0, 0.05) is 19.0 Å². The van der Waals surface area contributed by atoms with Crippen molar-refractivity contribution in [2.75, 3.05) is 13.1 Å². The Hall–Kier alpha value is -3.03. The maximum absolute atomic E-state index is 13.1. The van der Waals surface area contributed by atoms with Gasteiger partial charge >= 0.3 is 0 Å². The van der Waals surface area contributed by atoms with Gasteiger partial charge in [-0.25, -0.2) is 4.68 Å². The van der Waals surface area contributed by atoms with Gasteiger partial charge in [-0.15, -0.1) is 5.10 Å². The van der Waals surface area contributed by atoms with Crippen molar-refractivity contribution in [1.29, 1.82) is 0 Å². The molecule has 0 bridgehead atoms. The third kappa shape index (κ3) is 3.92. The molecule has 1 aromatic carbocycles. The van der Waals surface area contributed by atoms with E-state index in [4.69, 9.17) is 4.52 Å². The Kier molecular flexibility index (Phi) is 5.42. The summed E-state index contributed by atoms with van der Waals surface area (Å²) >= 11 is 0. The average Bonchev–Trinajstić information content (AvgIpc) is 3.48. The first kappa shape index (κ1) is 19.3. The molecule has 0 aliphatic carbocycles. The molecular formula is C21H26N6O2. The first-order valence-electron chi connectivity index (χ1n) is 10.2. The first-order chi connectivity index (χ1) is 14.1. The molecular weight excluding hydrogens is 368 g/mol. The van der Waals surface area contributed by atoms with Crippen LogP contribution in [0.15, 0.2) is 41.1 Å². The molecule has 1 saturated heterocycles. The Bertz CT molecular complexity index is 964. The number of nitrogens with zero attached hydrogens (tertiary/aromatic N) is 6. The Morgan fingerprint density at radius 2 is 2.07 bits per heavy atom. The molecule has 2 aromatic heterocycles. The average molecular weight is 394 g/mol. The standard InChI is InChI=1S/C21H26N6O2/c1-4-17(15-8-6-5-7-9-15)21(28)26-11-10-16(12-26)27-13-18(23-25-27)20-22-19(14(2)3)24-29-20/h5-9,13-14,16-17H,4,10-12H2,1-3H3/t16-,17+/m0/s1. The molecule has 3 aromatic rings. The van der Waals surface area contributed by atoms with Crippen LogP contribution in [0.25, 0.3) is 11.6 Å². The third-order valence-electron chi connectivity index (χ3n) is 5.44. The highest BCUT2D eigenvalue weighted by Gasteiger charge is 2.32. The molecule has 8 nitrogen and oxygen atoms in total. The second-order valence-corrected chi connectivity index (χ2v) is 7.79. The quantitative estimate of drug-likeness (QED) is 0.636. The molecule has 0 saturated carbocycles. The lowest BCUT2D eigenvalue weighted by Gasteiger charge is -2.23. The van der Waals surface area contributed by atoms with Gasteiger partial charge in [-0.2, -0.15) is 4.98 Å². The zero-order valence-corrected chi connectivity index (χ0v) is 17.0. The van der Waals surface area contributed by atoms with E-state index in [9.17, 15) is 4.79 Å². The summed E-state index contributed by atoms with van der Waals surface area (Å²) in [5, 5.41) is 12.4. The predicted octanol–water partition coefficient (Wildman–Crippen LogP) is 3.42. The second-order valence-electron chi connectivity index (χ2n) is 7.79. The van der Waals surface area contributed by atoms with E-state index in [2.05, 4.69) is 27.4 Å². The van der Waals surface area contributed by atoms with Gasteiger partial charge < -0.3 is 9.42 Å². The number of likely N-dealkylation sites (tertiary alicyclic amines) is 1. The predicted molar refractivity (Wildman–Crippen MR) is 107 cm³/mol. The molecule has 1 amide bonds. The van der Waals surface area contributed by atoms with Crippen molar-refractivity contribution in [3.8, 4) is 11.6 Å². The van der Waals surface area contributed by atoms with Crippen molar-refractivity contribution < 1.29 is 9.32 Å². The van der Waals surface area contributed by atoms with E-state index in [-0.39, 0.29) is 23.8 Å². The fraction of sp³-hybridized carbons (Fsp3) is 0.476. The highest BCUT2D eigenvalue weighted by atomic mass is 16.5. The zero-order chi connectivity index (χ0) is 20.4. The molecule has 3 heterocycles. The molecule has 0 N–H and O–H groups in total. The minimum atomic E-state index is -0.103. The molecule has 0 spiro atoms. The fourth-order valence-electron chi connectivity index (χ4n) is 3.74. The van der Waals surface area contributed by atoms with E-state index in [1.54, 1.807) is 0 Å². The number of carbonyl (C=O) groups excluding carboxylic acids is 1. The molecule has 1 aliphatic rings. The number of rotatable bonds is 6. The minimum absolute atomic E-state index is 0.0981. The van der Waals surface area contributed by atoms with Crippen LogP contribution in [-0.2, 0) is 4.79 Å². The summed E-state index contributed by atoms with van der Waals surface area (Å²) in [6, 6.07) is 10.1. The fourth-order valence-corrected chi connectivity index (χ4v) is 3.74. The molecule has 4 rings (SSSR count). The van der Waals surface area contributed by atoms with Gasteiger partial charge in [0.1, 0.15) is 0 Å². The maximum atomic E-state index is 13.1. The smallest absolute Gasteiger partial charge is 0.280 e. The SMILES string of the molecule is CC[C@@H](C(=O)N1CC[C@H](n2cc(-c3nc(C(C)C)no3)nn2)C1)c1ccccc1. The summed E-state index contributed by atoms with van der Waals surface area (Å²) in [6.45, 7) is 7.43. The number of carbonyl (C=O) groups is 1. The highest BCUT2D eigenvalue weighted by Crippen LogP contribution is 2.28. The number of aromatic nitrogens is 5. The summed E-state index contributed by atoms with van der Waals surface area (Å²) in [7, 11) is 0. The van der Waals surface area contributed by atoms with Crippen LogP contribution in [0, 0.1) is 0 Å². The van der Waals surface area contributed by atoms with Gasteiger partial charge in [-0.3, -0.25) is 4.79 Å². The van der Waals surface area contributed by atoms with Crippen LogP contribution in [0.1, 0.15) is 62.9 Å². The molecule has 1 aliphatic heterocycles. The van der Waals surface area contributed by atoms with Crippen LogP contribution in [0.4, 0.5) is 0 Å². The summed E-state index contributed by atoms with van der Waals surface area (Å²) < 4.78 is 7.11. The monoisotopic (exact) mass is 394 g/mol. The minimum Gasteiger partial charge on any atom is -0.340 e. The summed E-state index contributed by atoms with van der Waals surface area (Å²) in [4.78, 5) is 19.4.